The van der Waals surface area contributed by atoms with E-state index < -0.39 is 0 Å². The van der Waals surface area contributed by atoms with Crippen LogP contribution in [0.25, 0.3) is 0 Å². The Bertz CT molecular complexity index is 379. The number of phenolic OH excluding ortho intramolecular Hbond substituents is 1. The highest BCUT2D eigenvalue weighted by Crippen LogP contribution is 2.40. The summed E-state index contributed by atoms with van der Waals surface area (Å²) in [5.41, 5.74) is 6.36. The Labute approximate surface area is 101 Å². The number of aryl methyl sites for hydroxylation is 1. The van der Waals surface area contributed by atoms with Gasteiger partial charge in [-0.1, -0.05) is 6.07 Å². The third-order valence-corrected chi connectivity index (χ3v) is 2.87. The second-order valence-corrected chi connectivity index (χ2v) is 4.20. The number of unbranched alkanes of at least 4 members (excludes halogenated alkanes) is 1. The first-order valence-corrected chi connectivity index (χ1v) is 6.13. The van der Waals surface area contributed by atoms with Gasteiger partial charge in [-0.25, -0.2) is 0 Å². The van der Waals surface area contributed by atoms with Crippen molar-refractivity contribution in [2.24, 2.45) is 5.73 Å². The number of ether oxygens (including phenoxy) is 2. The lowest BCUT2D eigenvalue weighted by Crippen LogP contribution is -2.00. The number of fused-ring (bicyclic) bond motifs is 1. The predicted molar refractivity (Wildman–Crippen MR) is 65.7 cm³/mol. The standard InChI is InChI=1S/C13H19NO3/c14-7-2-1-4-10-5-6-11-13(12(10)15)17-9-3-8-16-11/h5-6,15H,1-4,7-9,14H2. The second-order valence-electron chi connectivity index (χ2n) is 4.20. The Balaban J connectivity index is 2.16. The first-order valence-electron chi connectivity index (χ1n) is 6.13. The van der Waals surface area contributed by atoms with Crippen LogP contribution in [0.1, 0.15) is 24.8 Å². The van der Waals surface area contributed by atoms with Crippen molar-refractivity contribution in [3.8, 4) is 17.2 Å². The summed E-state index contributed by atoms with van der Waals surface area (Å²) in [6, 6.07) is 3.78. The molecule has 0 saturated heterocycles. The van der Waals surface area contributed by atoms with Crippen LogP contribution in [-0.2, 0) is 6.42 Å². The first-order chi connectivity index (χ1) is 8.33. The summed E-state index contributed by atoms with van der Waals surface area (Å²) in [5, 5.41) is 10.1. The summed E-state index contributed by atoms with van der Waals surface area (Å²) in [6.07, 6.45) is 3.61. The first kappa shape index (κ1) is 12.0. The SMILES string of the molecule is NCCCCc1ccc2c(c1O)OCCCO2. The quantitative estimate of drug-likeness (QED) is 0.784. The van der Waals surface area contributed by atoms with Gasteiger partial charge in [-0.3, -0.25) is 0 Å². The average molecular weight is 237 g/mol. The number of aromatic hydroxyl groups is 1. The van der Waals surface area contributed by atoms with Crippen molar-refractivity contribution in [1.82, 2.24) is 0 Å². The fourth-order valence-electron chi connectivity index (χ4n) is 1.92. The third kappa shape index (κ3) is 2.82. The largest absolute Gasteiger partial charge is 0.504 e. The summed E-state index contributed by atoms with van der Waals surface area (Å²) < 4.78 is 11.0. The van der Waals surface area contributed by atoms with Gasteiger partial charge in [0.25, 0.3) is 0 Å². The summed E-state index contributed by atoms with van der Waals surface area (Å²) in [5.74, 6) is 1.36. The highest BCUT2D eigenvalue weighted by atomic mass is 16.5. The Morgan fingerprint density at radius 3 is 2.82 bits per heavy atom. The van der Waals surface area contributed by atoms with E-state index >= 15 is 0 Å². The number of hydrogen-bond acceptors (Lipinski definition) is 4. The van der Waals surface area contributed by atoms with E-state index in [4.69, 9.17) is 15.2 Å². The van der Waals surface area contributed by atoms with Crippen molar-refractivity contribution in [3.05, 3.63) is 17.7 Å². The lowest BCUT2D eigenvalue weighted by Gasteiger charge is -2.12. The minimum Gasteiger partial charge on any atom is -0.504 e. The summed E-state index contributed by atoms with van der Waals surface area (Å²) in [4.78, 5) is 0. The van der Waals surface area contributed by atoms with Crippen LogP contribution in [0.3, 0.4) is 0 Å². The van der Waals surface area contributed by atoms with Gasteiger partial charge in [0.05, 0.1) is 13.2 Å². The molecule has 0 bridgehead atoms. The zero-order valence-electron chi connectivity index (χ0n) is 9.95. The molecule has 4 nitrogen and oxygen atoms in total. The molecular weight excluding hydrogens is 218 g/mol. The molecule has 1 aromatic rings. The van der Waals surface area contributed by atoms with E-state index in [1.54, 1.807) is 0 Å². The second kappa shape index (κ2) is 5.77. The van der Waals surface area contributed by atoms with Crippen LogP contribution < -0.4 is 15.2 Å². The molecule has 1 heterocycles. The minimum absolute atomic E-state index is 0.224. The Kier molecular flexibility index (Phi) is 4.09. The molecule has 1 aliphatic heterocycles. The van der Waals surface area contributed by atoms with Crippen molar-refractivity contribution in [3.63, 3.8) is 0 Å². The number of phenols is 1. The van der Waals surface area contributed by atoms with Crippen LogP contribution in [0.15, 0.2) is 12.1 Å². The molecule has 0 atom stereocenters. The summed E-state index contributed by atoms with van der Waals surface area (Å²) >= 11 is 0. The van der Waals surface area contributed by atoms with E-state index in [0.717, 1.165) is 31.2 Å². The van der Waals surface area contributed by atoms with Crippen LogP contribution in [-0.4, -0.2) is 24.9 Å². The van der Waals surface area contributed by atoms with Gasteiger partial charge < -0.3 is 20.3 Å². The highest BCUT2D eigenvalue weighted by Gasteiger charge is 2.17. The maximum Gasteiger partial charge on any atom is 0.203 e. The maximum atomic E-state index is 10.1. The molecule has 1 aliphatic rings. The normalized spacial score (nSPS) is 14.4. The lowest BCUT2D eigenvalue weighted by atomic mass is 10.1. The van der Waals surface area contributed by atoms with Gasteiger partial charge in [0, 0.05) is 6.42 Å². The highest BCUT2D eigenvalue weighted by molar-refractivity contribution is 5.55. The number of benzene rings is 1. The van der Waals surface area contributed by atoms with Crippen LogP contribution in [0.2, 0.25) is 0 Å². The van der Waals surface area contributed by atoms with Crippen LogP contribution in [0.4, 0.5) is 0 Å². The Morgan fingerprint density at radius 1 is 1.18 bits per heavy atom. The Morgan fingerprint density at radius 2 is 2.00 bits per heavy atom. The van der Waals surface area contributed by atoms with Crippen molar-refractivity contribution >= 4 is 0 Å². The van der Waals surface area contributed by atoms with E-state index in [9.17, 15) is 5.11 Å². The van der Waals surface area contributed by atoms with Gasteiger partial charge in [0.2, 0.25) is 5.75 Å². The van der Waals surface area contributed by atoms with Gasteiger partial charge >= 0.3 is 0 Å². The summed E-state index contributed by atoms with van der Waals surface area (Å²) in [6.45, 7) is 1.91. The zero-order chi connectivity index (χ0) is 12.1. The third-order valence-electron chi connectivity index (χ3n) is 2.87. The van der Waals surface area contributed by atoms with Crippen molar-refractivity contribution in [2.75, 3.05) is 19.8 Å². The molecular formula is C13H19NO3. The fourth-order valence-corrected chi connectivity index (χ4v) is 1.92. The molecule has 0 radical (unpaired) electrons. The molecule has 0 fully saturated rings. The molecule has 2 rings (SSSR count). The molecule has 0 amide bonds. The zero-order valence-corrected chi connectivity index (χ0v) is 9.95. The van der Waals surface area contributed by atoms with Crippen molar-refractivity contribution in [2.45, 2.75) is 25.7 Å². The van der Waals surface area contributed by atoms with E-state index in [0.29, 0.717) is 31.3 Å². The topological polar surface area (TPSA) is 64.7 Å². The van der Waals surface area contributed by atoms with E-state index in [1.807, 2.05) is 12.1 Å². The average Bonchev–Trinajstić information content (AvgIpc) is 2.58. The minimum atomic E-state index is 0.224. The molecule has 3 N–H and O–H groups in total. The van der Waals surface area contributed by atoms with Gasteiger partial charge in [-0.05, 0) is 37.4 Å². The van der Waals surface area contributed by atoms with E-state index in [1.165, 1.54) is 0 Å². The van der Waals surface area contributed by atoms with Gasteiger partial charge in [-0.15, -0.1) is 0 Å². The molecule has 1 aromatic carbocycles. The fraction of sp³-hybridized carbons (Fsp3) is 0.538. The number of rotatable bonds is 4. The Hall–Kier alpha value is -1.42. The lowest BCUT2D eigenvalue weighted by molar-refractivity contribution is 0.291. The predicted octanol–water partition coefficient (Wildman–Crippen LogP) is 1.83. The molecule has 0 spiro atoms. The van der Waals surface area contributed by atoms with Gasteiger partial charge in [0.15, 0.2) is 11.5 Å². The summed E-state index contributed by atoms with van der Waals surface area (Å²) in [7, 11) is 0. The van der Waals surface area contributed by atoms with Gasteiger partial charge in [0.1, 0.15) is 0 Å². The molecule has 0 aromatic heterocycles. The van der Waals surface area contributed by atoms with E-state index in [2.05, 4.69) is 0 Å². The smallest absolute Gasteiger partial charge is 0.203 e. The molecule has 17 heavy (non-hydrogen) atoms. The van der Waals surface area contributed by atoms with E-state index in [-0.39, 0.29) is 5.75 Å². The molecule has 0 saturated carbocycles. The molecule has 94 valence electrons. The van der Waals surface area contributed by atoms with Crippen molar-refractivity contribution in [1.29, 1.82) is 0 Å². The number of hydrogen-bond donors (Lipinski definition) is 2. The van der Waals surface area contributed by atoms with Gasteiger partial charge in [-0.2, -0.15) is 0 Å². The monoisotopic (exact) mass is 237 g/mol. The molecule has 0 unspecified atom stereocenters. The van der Waals surface area contributed by atoms with Crippen LogP contribution >= 0.6 is 0 Å². The maximum absolute atomic E-state index is 10.1. The number of nitrogens with two attached hydrogens (primary N) is 1. The molecule has 0 aliphatic carbocycles. The van der Waals surface area contributed by atoms with Crippen LogP contribution in [0.5, 0.6) is 17.2 Å². The van der Waals surface area contributed by atoms with Crippen LogP contribution in [0, 0.1) is 0 Å². The van der Waals surface area contributed by atoms with Crippen molar-refractivity contribution < 1.29 is 14.6 Å². The molecule has 4 heteroatoms.